The zero-order valence-electron chi connectivity index (χ0n) is 15.0. The van der Waals surface area contributed by atoms with Gasteiger partial charge >= 0.3 is 0 Å². The molecule has 7 heteroatoms. The Morgan fingerprint density at radius 2 is 2.04 bits per heavy atom. The van der Waals surface area contributed by atoms with E-state index in [1.807, 2.05) is 18.3 Å². The number of halogens is 1. The van der Waals surface area contributed by atoms with Gasteiger partial charge in [0.2, 0.25) is 0 Å². The SMILES string of the molecule is O=C1CO[C@]2(COCCN(Cc3cccnc3)C2)CN1c1ccc(F)cc1. The highest BCUT2D eigenvalue weighted by Crippen LogP contribution is 2.27. The van der Waals surface area contributed by atoms with E-state index in [0.29, 0.717) is 32.0 Å². The first-order valence-electron chi connectivity index (χ1n) is 9.02. The number of amides is 1. The standard InChI is InChI=1S/C20H22FN3O3/c21-17-3-5-18(6-4-17)24-14-20(27-12-19(24)25)13-23(8-9-26-15-20)11-16-2-1-7-22-10-16/h1-7,10H,8-9,11-15H2/t20-/m0/s1. The first-order chi connectivity index (χ1) is 13.1. The van der Waals surface area contributed by atoms with Crippen LogP contribution in [0.1, 0.15) is 5.56 Å². The van der Waals surface area contributed by atoms with Crippen LogP contribution in [-0.4, -0.2) is 60.8 Å². The lowest BCUT2D eigenvalue weighted by atomic mass is 10.0. The Labute approximate surface area is 157 Å². The van der Waals surface area contributed by atoms with Gasteiger partial charge in [-0.25, -0.2) is 4.39 Å². The van der Waals surface area contributed by atoms with Crippen molar-refractivity contribution in [3.8, 4) is 0 Å². The molecule has 1 amide bonds. The number of anilines is 1. The van der Waals surface area contributed by atoms with Gasteiger partial charge < -0.3 is 14.4 Å². The molecule has 0 saturated carbocycles. The molecule has 2 saturated heterocycles. The van der Waals surface area contributed by atoms with Crippen LogP contribution in [0.5, 0.6) is 0 Å². The molecule has 1 spiro atoms. The molecule has 4 rings (SSSR count). The zero-order chi connectivity index (χ0) is 18.7. The van der Waals surface area contributed by atoms with Crippen molar-refractivity contribution in [2.75, 3.05) is 44.4 Å². The third kappa shape index (κ3) is 4.16. The highest BCUT2D eigenvalue weighted by atomic mass is 19.1. The number of hydrogen-bond acceptors (Lipinski definition) is 5. The number of ether oxygens (including phenoxy) is 2. The summed E-state index contributed by atoms with van der Waals surface area (Å²) < 4.78 is 25.1. The predicted octanol–water partition coefficient (Wildman–Crippen LogP) is 1.86. The average molecular weight is 371 g/mol. The second-order valence-electron chi connectivity index (χ2n) is 7.05. The minimum Gasteiger partial charge on any atom is -0.377 e. The summed E-state index contributed by atoms with van der Waals surface area (Å²) in [6, 6.07) is 9.94. The second-order valence-corrected chi connectivity index (χ2v) is 7.05. The van der Waals surface area contributed by atoms with Gasteiger partial charge in [0.15, 0.2) is 0 Å². The van der Waals surface area contributed by atoms with Crippen molar-refractivity contribution in [2.24, 2.45) is 0 Å². The molecular formula is C20H22FN3O3. The molecule has 3 heterocycles. The molecule has 0 N–H and O–H groups in total. The summed E-state index contributed by atoms with van der Waals surface area (Å²) >= 11 is 0. The smallest absolute Gasteiger partial charge is 0.253 e. The fraction of sp³-hybridized carbons (Fsp3) is 0.400. The third-order valence-corrected chi connectivity index (χ3v) is 4.95. The lowest BCUT2D eigenvalue weighted by Crippen LogP contribution is -2.60. The quantitative estimate of drug-likeness (QED) is 0.824. The fourth-order valence-electron chi connectivity index (χ4n) is 3.62. The summed E-state index contributed by atoms with van der Waals surface area (Å²) in [7, 11) is 0. The Kier molecular flexibility index (Phi) is 5.15. The van der Waals surface area contributed by atoms with E-state index in [0.717, 1.165) is 18.7 Å². The molecule has 0 aliphatic carbocycles. The van der Waals surface area contributed by atoms with Crippen molar-refractivity contribution in [3.05, 3.63) is 60.2 Å². The van der Waals surface area contributed by atoms with Gasteiger partial charge in [-0.2, -0.15) is 0 Å². The second kappa shape index (κ2) is 7.72. The highest BCUT2D eigenvalue weighted by molar-refractivity contribution is 5.95. The lowest BCUT2D eigenvalue weighted by Gasteiger charge is -2.43. The summed E-state index contributed by atoms with van der Waals surface area (Å²) in [4.78, 5) is 20.5. The fourth-order valence-corrected chi connectivity index (χ4v) is 3.62. The van der Waals surface area contributed by atoms with Crippen molar-refractivity contribution in [3.63, 3.8) is 0 Å². The number of morpholine rings is 1. The number of pyridine rings is 1. The van der Waals surface area contributed by atoms with E-state index < -0.39 is 5.60 Å². The monoisotopic (exact) mass is 371 g/mol. The zero-order valence-corrected chi connectivity index (χ0v) is 15.0. The summed E-state index contributed by atoms with van der Waals surface area (Å²) in [5.41, 5.74) is 1.19. The van der Waals surface area contributed by atoms with Crippen molar-refractivity contribution in [1.82, 2.24) is 9.88 Å². The molecule has 1 aromatic carbocycles. The van der Waals surface area contributed by atoms with Crippen LogP contribution in [0.25, 0.3) is 0 Å². The minimum absolute atomic E-state index is 0.0124. The van der Waals surface area contributed by atoms with Gasteiger partial charge in [0.05, 0.1) is 19.8 Å². The molecule has 142 valence electrons. The van der Waals surface area contributed by atoms with Crippen LogP contribution in [0.4, 0.5) is 10.1 Å². The molecule has 2 aromatic rings. The molecule has 27 heavy (non-hydrogen) atoms. The maximum Gasteiger partial charge on any atom is 0.253 e. The van der Waals surface area contributed by atoms with Crippen LogP contribution in [0.15, 0.2) is 48.8 Å². The molecular weight excluding hydrogens is 349 g/mol. The van der Waals surface area contributed by atoms with E-state index in [9.17, 15) is 9.18 Å². The summed E-state index contributed by atoms with van der Waals surface area (Å²) in [6.07, 6.45) is 3.61. The Morgan fingerprint density at radius 3 is 2.81 bits per heavy atom. The Balaban J connectivity index is 1.53. The van der Waals surface area contributed by atoms with Gasteiger partial charge in [-0.15, -0.1) is 0 Å². The van der Waals surface area contributed by atoms with Crippen LogP contribution < -0.4 is 4.90 Å². The number of carbonyl (C=O) groups excluding carboxylic acids is 1. The largest absolute Gasteiger partial charge is 0.377 e. The van der Waals surface area contributed by atoms with Crippen molar-refractivity contribution in [1.29, 1.82) is 0 Å². The molecule has 0 bridgehead atoms. The molecule has 1 aromatic heterocycles. The number of rotatable bonds is 3. The molecule has 2 aliphatic rings. The maximum atomic E-state index is 13.3. The van der Waals surface area contributed by atoms with E-state index in [4.69, 9.17) is 9.47 Å². The number of aromatic nitrogens is 1. The summed E-state index contributed by atoms with van der Waals surface area (Å²) in [5.74, 6) is -0.454. The first-order valence-corrected chi connectivity index (χ1v) is 9.02. The predicted molar refractivity (Wildman–Crippen MR) is 97.8 cm³/mol. The molecule has 0 unspecified atom stereocenters. The van der Waals surface area contributed by atoms with Gasteiger partial charge in [-0.3, -0.25) is 14.7 Å². The van der Waals surface area contributed by atoms with Crippen LogP contribution in [0.3, 0.4) is 0 Å². The third-order valence-electron chi connectivity index (χ3n) is 4.95. The number of benzene rings is 1. The number of nitrogens with zero attached hydrogens (tertiary/aromatic N) is 3. The summed E-state index contributed by atoms with van der Waals surface area (Å²) in [5, 5.41) is 0. The number of carbonyl (C=O) groups is 1. The molecule has 6 nitrogen and oxygen atoms in total. The van der Waals surface area contributed by atoms with Gasteiger partial charge in [0.25, 0.3) is 5.91 Å². The normalized spacial score (nSPS) is 24.2. The minimum atomic E-state index is -0.610. The Morgan fingerprint density at radius 1 is 1.19 bits per heavy atom. The van der Waals surface area contributed by atoms with Crippen molar-refractivity contribution < 1.29 is 18.7 Å². The van der Waals surface area contributed by atoms with E-state index in [2.05, 4.69) is 9.88 Å². The number of hydrogen-bond donors (Lipinski definition) is 0. The Bertz CT molecular complexity index is 787. The van der Waals surface area contributed by atoms with Crippen LogP contribution in [-0.2, 0) is 20.8 Å². The van der Waals surface area contributed by atoms with Crippen LogP contribution in [0, 0.1) is 5.82 Å². The molecule has 0 radical (unpaired) electrons. The van der Waals surface area contributed by atoms with E-state index in [1.165, 1.54) is 12.1 Å². The van der Waals surface area contributed by atoms with Crippen molar-refractivity contribution in [2.45, 2.75) is 12.1 Å². The van der Waals surface area contributed by atoms with E-state index in [-0.39, 0.29) is 18.3 Å². The first kappa shape index (κ1) is 18.0. The van der Waals surface area contributed by atoms with Gasteiger partial charge in [0, 0.05) is 37.7 Å². The van der Waals surface area contributed by atoms with Gasteiger partial charge in [-0.05, 0) is 35.9 Å². The van der Waals surface area contributed by atoms with E-state index in [1.54, 1.807) is 23.2 Å². The maximum absolute atomic E-state index is 13.3. The van der Waals surface area contributed by atoms with Crippen LogP contribution >= 0.6 is 0 Å². The molecule has 2 aliphatic heterocycles. The van der Waals surface area contributed by atoms with Crippen molar-refractivity contribution >= 4 is 11.6 Å². The Hall–Kier alpha value is -2.35. The topological polar surface area (TPSA) is 54.9 Å². The highest BCUT2D eigenvalue weighted by Gasteiger charge is 2.43. The average Bonchev–Trinajstić information content (AvgIpc) is 2.88. The van der Waals surface area contributed by atoms with E-state index >= 15 is 0 Å². The lowest BCUT2D eigenvalue weighted by molar-refractivity contribution is -0.146. The molecule has 2 fully saturated rings. The molecule has 1 atom stereocenters. The summed E-state index contributed by atoms with van der Waals surface area (Å²) in [6.45, 7) is 3.56. The van der Waals surface area contributed by atoms with Gasteiger partial charge in [-0.1, -0.05) is 6.07 Å². The van der Waals surface area contributed by atoms with Gasteiger partial charge in [0.1, 0.15) is 18.0 Å². The van der Waals surface area contributed by atoms with Crippen LogP contribution in [0.2, 0.25) is 0 Å².